The van der Waals surface area contributed by atoms with Crippen molar-refractivity contribution in [3.8, 4) is 6.19 Å². The van der Waals surface area contributed by atoms with Crippen molar-refractivity contribution in [2.75, 3.05) is 13.7 Å². The SMILES string of the molecule is COC(=O)[C@@H]1C=C2c3cccc4[nH]cc(c34)C[C@H]2N(C#N)C1. The molecule has 0 saturated heterocycles. The minimum atomic E-state index is -0.397. The van der Waals surface area contributed by atoms with Gasteiger partial charge >= 0.3 is 5.97 Å². The van der Waals surface area contributed by atoms with Crippen LogP contribution in [0.3, 0.4) is 0 Å². The molecule has 1 aromatic carbocycles. The van der Waals surface area contributed by atoms with E-state index in [4.69, 9.17) is 4.74 Å². The zero-order valence-corrected chi connectivity index (χ0v) is 12.2. The van der Waals surface area contributed by atoms with E-state index in [2.05, 4.69) is 17.2 Å². The van der Waals surface area contributed by atoms with Crippen LogP contribution in [0.5, 0.6) is 0 Å². The molecule has 4 rings (SSSR count). The molecule has 2 aliphatic rings. The third-order valence-electron chi connectivity index (χ3n) is 4.65. The number of methoxy groups -OCH3 is 1. The first-order valence-corrected chi connectivity index (χ1v) is 7.28. The minimum absolute atomic E-state index is 0.000180. The number of aromatic amines is 1. The summed E-state index contributed by atoms with van der Waals surface area (Å²) in [5.41, 5.74) is 4.49. The molecule has 1 aromatic heterocycles. The van der Waals surface area contributed by atoms with Crippen molar-refractivity contribution in [3.05, 3.63) is 41.6 Å². The maximum Gasteiger partial charge on any atom is 0.314 e. The molecule has 110 valence electrons. The minimum Gasteiger partial charge on any atom is -0.469 e. The molecule has 1 aliphatic carbocycles. The Balaban J connectivity index is 1.92. The molecule has 0 unspecified atom stereocenters. The van der Waals surface area contributed by atoms with Crippen LogP contribution in [-0.4, -0.2) is 35.5 Å². The van der Waals surface area contributed by atoms with Crippen molar-refractivity contribution in [3.63, 3.8) is 0 Å². The van der Waals surface area contributed by atoms with Crippen LogP contribution in [0.1, 0.15) is 11.1 Å². The number of nitriles is 1. The fourth-order valence-electron chi connectivity index (χ4n) is 3.65. The summed E-state index contributed by atoms with van der Waals surface area (Å²) in [6, 6.07) is 6.11. The molecule has 5 heteroatoms. The molecule has 2 heterocycles. The van der Waals surface area contributed by atoms with Gasteiger partial charge in [0.25, 0.3) is 0 Å². The Bertz CT molecular complexity index is 843. The second kappa shape index (κ2) is 4.63. The summed E-state index contributed by atoms with van der Waals surface area (Å²) < 4.78 is 4.86. The molecule has 2 atom stereocenters. The summed E-state index contributed by atoms with van der Waals surface area (Å²) in [7, 11) is 1.38. The Morgan fingerprint density at radius 3 is 3.14 bits per heavy atom. The van der Waals surface area contributed by atoms with E-state index in [1.807, 2.05) is 24.4 Å². The van der Waals surface area contributed by atoms with E-state index in [-0.39, 0.29) is 12.0 Å². The number of carbonyl (C=O) groups is 1. The lowest BCUT2D eigenvalue weighted by atomic mass is 9.80. The molecular weight excluding hydrogens is 278 g/mol. The summed E-state index contributed by atoms with van der Waals surface area (Å²) >= 11 is 0. The number of ether oxygens (including phenoxy) is 1. The number of hydrogen-bond donors (Lipinski definition) is 1. The van der Waals surface area contributed by atoms with Gasteiger partial charge in [0.1, 0.15) is 0 Å². The second-order valence-corrected chi connectivity index (χ2v) is 5.77. The highest BCUT2D eigenvalue weighted by Crippen LogP contribution is 2.41. The van der Waals surface area contributed by atoms with Crippen molar-refractivity contribution < 1.29 is 9.53 Å². The van der Waals surface area contributed by atoms with E-state index in [0.717, 1.165) is 23.1 Å². The molecule has 1 N–H and O–H groups in total. The first-order valence-electron chi connectivity index (χ1n) is 7.28. The Morgan fingerprint density at radius 1 is 1.50 bits per heavy atom. The summed E-state index contributed by atoms with van der Waals surface area (Å²) in [6.45, 7) is 0.382. The van der Waals surface area contributed by atoms with Gasteiger partial charge in [-0.3, -0.25) is 4.79 Å². The molecular formula is C17H15N3O2. The lowest BCUT2D eigenvalue weighted by molar-refractivity contribution is -0.144. The fourth-order valence-corrected chi connectivity index (χ4v) is 3.65. The van der Waals surface area contributed by atoms with E-state index >= 15 is 0 Å². The maximum atomic E-state index is 11.9. The normalized spacial score (nSPS) is 22.7. The summed E-state index contributed by atoms with van der Waals surface area (Å²) in [5.74, 6) is -0.690. The van der Waals surface area contributed by atoms with Gasteiger partial charge in [0.2, 0.25) is 0 Å². The number of aromatic nitrogens is 1. The molecule has 0 radical (unpaired) electrons. The zero-order valence-electron chi connectivity index (χ0n) is 12.2. The maximum absolute atomic E-state index is 11.9. The van der Waals surface area contributed by atoms with Gasteiger partial charge in [-0.1, -0.05) is 18.2 Å². The standard InChI is InChI=1S/C17H15N3O2/c1-22-17(21)11-5-13-12-3-2-4-14-16(12)10(7-19-14)6-15(13)20(8-11)9-18/h2-5,7,11,15,19H,6,8H2,1H3/t11-,15-/m1/s1. The predicted octanol–water partition coefficient (Wildman–Crippen LogP) is 2.06. The molecule has 0 fully saturated rings. The number of esters is 1. The summed E-state index contributed by atoms with van der Waals surface area (Å²) in [4.78, 5) is 16.9. The first kappa shape index (κ1) is 13.0. The Kier molecular flexibility index (Phi) is 2.73. The van der Waals surface area contributed by atoms with Gasteiger partial charge in [-0.25, -0.2) is 0 Å². The van der Waals surface area contributed by atoms with Gasteiger partial charge < -0.3 is 14.6 Å². The Hall–Kier alpha value is -2.74. The van der Waals surface area contributed by atoms with Gasteiger partial charge in [0.15, 0.2) is 6.19 Å². The second-order valence-electron chi connectivity index (χ2n) is 5.77. The molecule has 0 amide bonds. The van der Waals surface area contributed by atoms with Crippen LogP contribution in [0.2, 0.25) is 0 Å². The van der Waals surface area contributed by atoms with Crippen LogP contribution in [0.25, 0.3) is 16.5 Å². The molecule has 22 heavy (non-hydrogen) atoms. The number of H-pyrrole nitrogens is 1. The van der Waals surface area contributed by atoms with Crippen molar-refractivity contribution in [1.82, 2.24) is 9.88 Å². The first-order chi connectivity index (χ1) is 10.7. The molecule has 0 saturated carbocycles. The smallest absolute Gasteiger partial charge is 0.314 e. The molecule has 1 aliphatic heterocycles. The lowest BCUT2D eigenvalue weighted by Gasteiger charge is -2.38. The van der Waals surface area contributed by atoms with Crippen LogP contribution >= 0.6 is 0 Å². The molecule has 5 nitrogen and oxygen atoms in total. The van der Waals surface area contributed by atoms with Crippen LogP contribution in [0.4, 0.5) is 0 Å². The average molecular weight is 293 g/mol. The van der Waals surface area contributed by atoms with Crippen LogP contribution < -0.4 is 0 Å². The van der Waals surface area contributed by atoms with Gasteiger partial charge in [-0.15, -0.1) is 0 Å². The van der Waals surface area contributed by atoms with Crippen molar-refractivity contribution in [2.45, 2.75) is 12.5 Å². The van der Waals surface area contributed by atoms with E-state index < -0.39 is 5.92 Å². The number of nitrogens with one attached hydrogen (secondary N) is 1. The van der Waals surface area contributed by atoms with Gasteiger partial charge in [-0.2, -0.15) is 5.26 Å². The van der Waals surface area contributed by atoms with E-state index in [9.17, 15) is 10.1 Å². The van der Waals surface area contributed by atoms with Gasteiger partial charge in [-0.05, 0) is 29.2 Å². The number of nitrogens with zero attached hydrogens (tertiary/aromatic N) is 2. The number of benzene rings is 1. The van der Waals surface area contributed by atoms with Crippen molar-refractivity contribution in [2.24, 2.45) is 5.92 Å². The van der Waals surface area contributed by atoms with Gasteiger partial charge in [0, 0.05) is 23.6 Å². The third-order valence-corrected chi connectivity index (χ3v) is 4.65. The predicted molar refractivity (Wildman–Crippen MR) is 81.6 cm³/mol. The molecule has 0 bridgehead atoms. The quantitative estimate of drug-likeness (QED) is 0.645. The number of rotatable bonds is 1. The third kappa shape index (κ3) is 1.67. The lowest BCUT2D eigenvalue weighted by Crippen LogP contribution is -2.44. The van der Waals surface area contributed by atoms with Gasteiger partial charge in [0.05, 0.1) is 19.1 Å². The summed E-state index contributed by atoms with van der Waals surface area (Å²) in [5, 5.41) is 10.7. The van der Waals surface area contributed by atoms with Crippen molar-refractivity contribution in [1.29, 1.82) is 5.26 Å². The van der Waals surface area contributed by atoms with Crippen LogP contribution in [0.15, 0.2) is 30.5 Å². The highest BCUT2D eigenvalue weighted by Gasteiger charge is 2.37. The Morgan fingerprint density at radius 2 is 2.36 bits per heavy atom. The molecule has 0 spiro atoms. The number of hydrogen-bond acceptors (Lipinski definition) is 4. The zero-order chi connectivity index (χ0) is 15.3. The number of carbonyl (C=O) groups excluding carboxylic acids is 1. The topological polar surface area (TPSA) is 69.1 Å². The monoisotopic (exact) mass is 293 g/mol. The fraction of sp³-hybridized carbons (Fsp3) is 0.294. The van der Waals surface area contributed by atoms with Crippen LogP contribution in [0, 0.1) is 17.4 Å². The van der Waals surface area contributed by atoms with E-state index in [1.54, 1.807) is 4.90 Å². The average Bonchev–Trinajstić information content (AvgIpc) is 2.98. The summed E-state index contributed by atoms with van der Waals surface area (Å²) in [6.07, 6.45) is 7.03. The Labute approximate surface area is 127 Å². The van der Waals surface area contributed by atoms with Crippen molar-refractivity contribution >= 4 is 22.4 Å². The van der Waals surface area contributed by atoms with Crippen LogP contribution in [-0.2, 0) is 16.0 Å². The van der Waals surface area contributed by atoms with E-state index in [0.29, 0.717) is 6.54 Å². The van der Waals surface area contributed by atoms with E-state index in [1.165, 1.54) is 18.1 Å². The highest BCUT2D eigenvalue weighted by molar-refractivity contribution is 5.99. The number of fused-ring (bicyclic) bond motifs is 2. The largest absolute Gasteiger partial charge is 0.469 e. The highest BCUT2D eigenvalue weighted by atomic mass is 16.5. The molecule has 2 aromatic rings.